The van der Waals surface area contributed by atoms with Crippen LogP contribution in [-0.4, -0.2) is 12.5 Å². The van der Waals surface area contributed by atoms with Crippen molar-refractivity contribution in [1.29, 1.82) is 0 Å². The van der Waals surface area contributed by atoms with Crippen LogP contribution in [-0.2, 0) is 6.42 Å². The quantitative estimate of drug-likeness (QED) is 0.705. The predicted molar refractivity (Wildman–Crippen MR) is 95.4 cm³/mol. The van der Waals surface area contributed by atoms with Crippen molar-refractivity contribution in [3.8, 4) is 11.3 Å². The Balaban J connectivity index is 1.65. The standard InChI is InChI=1S/C19H15ClN2O2/c20-13-5-6-14(15(21)11-13)17-7-8-18(24-17)19(23)22-10-9-12-3-1-2-4-16(12)22/h1-8,11H,9-10,21H2. The van der Waals surface area contributed by atoms with Crippen LogP contribution < -0.4 is 10.6 Å². The Kier molecular flexibility index (Phi) is 3.54. The highest BCUT2D eigenvalue weighted by molar-refractivity contribution is 6.31. The summed E-state index contributed by atoms with van der Waals surface area (Å²) in [6.07, 6.45) is 0.861. The molecular weight excluding hydrogens is 324 g/mol. The van der Waals surface area contributed by atoms with Gasteiger partial charge in [0.15, 0.2) is 5.76 Å². The summed E-state index contributed by atoms with van der Waals surface area (Å²) >= 11 is 5.92. The van der Waals surface area contributed by atoms with Crippen molar-refractivity contribution in [3.05, 3.63) is 70.9 Å². The number of fused-ring (bicyclic) bond motifs is 1. The number of carbonyl (C=O) groups is 1. The van der Waals surface area contributed by atoms with Crippen LogP contribution in [0.25, 0.3) is 11.3 Å². The second-order valence-electron chi connectivity index (χ2n) is 5.73. The third-order valence-corrected chi connectivity index (χ3v) is 4.46. The molecule has 4 nitrogen and oxygen atoms in total. The number of hydrogen-bond acceptors (Lipinski definition) is 3. The van der Waals surface area contributed by atoms with Gasteiger partial charge in [0, 0.05) is 28.5 Å². The van der Waals surface area contributed by atoms with E-state index in [0.717, 1.165) is 17.7 Å². The van der Waals surface area contributed by atoms with Crippen molar-refractivity contribution in [3.63, 3.8) is 0 Å². The van der Waals surface area contributed by atoms with E-state index < -0.39 is 0 Å². The minimum absolute atomic E-state index is 0.140. The minimum Gasteiger partial charge on any atom is -0.451 e. The van der Waals surface area contributed by atoms with E-state index >= 15 is 0 Å². The molecule has 0 atom stereocenters. The third-order valence-electron chi connectivity index (χ3n) is 4.23. The highest BCUT2D eigenvalue weighted by atomic mass is 35.5. The van der Waals surface area contributed by atoms with Crippen LogP contribution in [0.3, 0.4) is 0 Å². The molecule has 1 aliphatic rings. The summed E-state index contributed by atoms with van der Waals surface area (Å²) in [5.74, 6) is 0.717. The van der Waals surface area contributed by atoms with E-state index in [2.05, 4.69) is 0 Å². The molecule has 120 valence electrons. The summed E-state index contributed by atoms with van der Waals surface area (Å²) in [6, 6.07) is 16.6. The van der Waals surface area contributed by atoms with Crippen molar-refractivity contribution in [2.75, 3.05) is 17.2 Å². The van der Waals surface area contributed by atoms with E-state index in [9.17, 15) is 4.79 Å². The third kappa shape index (κ3) is 2.45. The fraction of sp³-hybridized carbons (Fsp3) is 0.105. The fourth-order valence-corrected chi connectivity index (χ4v) is 3.22. The lowest BCUT2D eigenvalue weighted by Crippen LogP contribution is -2.28. The number of amides is 1. The van der Waals surface area contributed by atoms with E-state index in [1.807, 2.05) is 24.3 Å². The van der Waals surface area contributed by atoms with Gasteiger partial charge in [-0.1, -0.05) is 29.8 Å². The molecule has 1 aliphatic heterocycles. The topological polar surface area (TPSA) is 59.5 Å². The second kappa shape index (κ2) is 5.73. The molecule has 5 heteroatoms. The molecule has 4 rings (SSSR count). The summed E-state index contributed by atoms with van der Waals surface area (Å²) in [4.78, 5) is 14.5. The van der Waals surface area contributed by atoms with Gasteiger partial charge < -0.3 is 15.1 Å². The van der Waals surface area contributed by atoms with Crippen LogP contribution in [0.5, 0.6) is 0 Å². The van der Waals surface area contributed by atoms with Gasteiger partial charge in [-0.25, -0.2) is 0 Å². The predicted octanol–water partition coefficient (Wildman–Crippen LogP) is 4.39. The fourth-order valence-electron chi connectivity index (χ4n) is 3.04. The number of benzene rings is 2. The normalized spacial score (nSPS) is 13.1. The largest absolute Gasteiger partial charge is 0.451 e. The van der Waals surface area contributed by atoms with E-state index in [1.54, 1.807) is 35.2 Å². The number of nitrogens with two attached hydrogens (primary N) is 1. The van der Waals surface area contributed by atoms with Crippen molar-refractivity contribution in [2.24, 2.45) is 0 Å². The summed E-state index contributed by atoms with van der Waals surface area (Å²) in [5.41, 5.74) is 9.35. The number of para-hydroxylation sites is 1. The van der Waals surface area contributed by atoms with Gasteiger partial charge in [-0.3, -0.25) is 4.79 Å². The molecule has 0 unspecified atom stereocenters. The SMILES string of the molecule is Nc1cc(Cl)ccc1-c1ccc(C(=O)N2CCc3ccccc32)o1. The maximum absolute atomic E-state index is 12.8. The van der Waals surface area contributed by atoms with Crippen LogP contribution in [0, 0.1) is 0 Å². The maximum atomic E-state index is 12.8. The smallest absolute Gasteiger partial charge is 0.294 e. The lowest BCUT2D eigenvalue weighted by molar-refractivity contribution is 0.0963. The van der Waals surface area contributed by atoms with Gasteiger partial charge in [0.25, 0.3) is 5.91 Å². The van der Waals surface area contributed by atoms with Crippen LogP contribution >= 0.6 is 11.6 Å². The highest BCUT2D eigenvalue weighted by Gasteiger charge is 2.27. The van der Waals surface area contributed by atoms with E-state index in [-0.39, 0.29) is 5.91 Å². The Morgan fingerprint density at radius 3 is 2.79 bits per heavy atom. The first-order valence-electron chi connectivity index (χ1n) is 7.68. The first-order valence-corrected chi connectivity index (χ1v) is 8.06. The van der Waals surface area contributed by atoms with Crippen molar-refractivity contribution in [1.82, 2.24) is 0 Å². The average molecular weight is 339 g/mol. The molecule has 3 aromatic rings. The number of rotatable bonds is 2. The van der Waals surface area contributed by atoms with Crippen molar-refractivity contribution >= 4 is 28.9 Å². The minimum atomic E-state index is -0.140. The molecule has 0 aliphatic carbocycles. The van der Waals surface area contributed by atoms with Gasteiger partial charge in [-0.05, 0) is 48.4 Å². The Hall–Kier alpha value is -2.72. The molecule has 24 heavy (non-hydrogen) atoms. The molecule has 0 saturated carbocycles. The van der Waals surface area contributed by atoms with Crippen LogP contribution in [0.4, 0.5) is 11.4 Å². The number of furan rings is 1. The van der Waals surface area contributed by atoms with E-state index in [0.29, 0.717) is 28.8 Å². The number of anilines is 2. The molecule has 0 saturated heterocycles. The monoisotopic (exact) mass is 338 g/mol. The number of halogens is 1. The Bertz CT molecular complexity index is 933. The highest BCUT2D eigenvalue weighted by Crippen LogP contribution is 2.32. The van der Waals surface area contributed by atoms with Gasteiger partial charge in [0.05, 0.1) is 0 Å². The second-order valence-corrected chi connectivity index (χ2v) is 6.17. The van der Waals surface area contributed by atoms with Crippen LogP contribution in [0.1, 0.15) is 16.1 Å². The van der Waals surface area contributed by atoms with Gasteiger partial charge in [-0.15, -0.1) is 0 Å². The van der Waals surface area contributed by atoms with Crippen LogP contribution in [0.2, 0.25) is 5.02 Å². The number of carbonyl (C=O) groups excluding carboxylic acids is 1. The van der Waals surface area contributed by atoms with Gasteiger partial charge in [-0.2, -0.15) is 0 Å². The molecule has 0 spiro atoms. The van der Waals surface area contributed by atoms with Crippen molar-refractivity contribution in [2.45, 2.75) is 6.42 Å². The molecule has 0 fully saturated rings. The summed E-state index contributed by atoms with van der Waals surface area (Å²) in [7, 11) is 0. The zero-order valence-electron chi connectivity index (χ0n) is 12.8. The maximum Gasteiger partial charge on any atom is 0.294 e. The summed E-state index contributed by atoms with van der Waals surface area (Å²) in [6.45, 7) is 0.664. The molecule has 2 heterocycles. The van der Waals surface area contributed by atoms with E-state index in [4.69, 9.17) is 21.8 Å². The lowest BCUT2D eigenvalue weighted by Gasteiger charge is -2.15. The van der Waals surface area contributed by atoms with Gasteiger partial charge >= 0.3 is 0 Å². The Labute approximate surface area is 144 Å². The first kappa shape index (κ1) is 14.8. The molecule has 1 amide bonds. The van der Waals surface area contributed by atoms with Crippen LogP contribution in [0.15, 0.2) is 59.0 Å². The van der Waals surface area contributed by atoms with Gasteiger partial charge in [0.2, 0.25) is 0 Å². The number of nitrogens with zero attached hydrogens (tertiary/aromatic N) is 1. The number of nitrogen functional groups attached to an aromatic ring is 1. The number of hydrogen-bond donors (Lipinski definition) is 1. The summed E-state index contributed by atoms with van der Waals surface area (Å²) in [5, 5.41) is 0.563. The lowest BCUT2D eigenvalue weighted by atomic mass is 10.1. The average Bonchev–Trinajstić information content (AvgIpc) is 3.21. The summed E-state index contributed by atoms with van der Waals surface area (Å²) < 4.78 is 5.77. The van der Waals surface area contributed by atoms with Gasteiger partial charge in [0.1, 0.15) is 5.76 Å². The zero-order chi connectivity index (χ0) is 16.7. The molecule has 0 radical (unpaired) electrons. The Morgan fingerprint density at radius 2 is 1.96 bits per heavy atom. The van der Waals surface area contributed by atoms with Crippen molar-refractivity contribution < 1.29 is 9.21 Å². The van der Waals surface area contributed by atoms with E-state index in [1.165, 1.54) is 5.56 Å². The zero-order valence-corrected chi connectivity index (χ0v) is 13.6. The molecule has 2 N–H and O–H groups in total. The molecular formula is C19H15ClN2O2. The molecule has 0 bridgehead atoms. The Morgan fingerprint density at radius 1 is 1.12 bits per heavy atom. The first-order chi connectivity index (χ1) is 11.6. The molecule has 2 aromatic carbocycles. The molecule has 1 aromatic heterocycles.